The van der Waals surface area contributed by atoms with Gasteiger partial charge in [-0.15, -0.1) is 0 Å². The van der Waals surface area contributed by atoms with E-state index in [9.17, 15) is 0 Å². The molecule has 0 aliphatic carbocycles. The minimum Gasteiger partial charge on any atom is -0.489 e. The van der Waals surface area contributed by atoms with Crippen LogP contribution in [0, 0.1) is 11.3 Å². The third-order valence-corrected chi connectivity index (χ3v) is 3.22. The van der Waals surface area contributed by atoms with Crippen molar-refractivity contribution in [2.75, 3.05) is 0 Å². The molecule has 0 aromatic heterocycles. The van der Waals surface area contributed by atoms with E-state index < -0.39 is 0 Å². The van der Waals surface area contributed by atoms with Crippen molar-refractivity contribution in [2.45, 2.75) is 6.61 Å². The van der Waals surface area contributed by atoms with E-state index in [1.165, 1.54) is 0 Å². The fourth-order valence-corrected chi connectivity index (χ4v) is 1.97. The van der Waals surface area contributed by atoms with Gasteiger partial charge in [0, 0.05) is 10.0 Å². The summed E-state index contributed by atoms with van der Waals surface area (Å²) in [7, 11) is 0. The molecule has 0 atom stereocenters. The Labute approximate surface area is 125 Å². The molecule has 0 amide bonds. The van der Waals surface area contributed by atoms with Crippen LogP contribution in [-0.2, 0) is 6.61 Å². The minimum absolute atomic E-state index is 0.0278. The average molecular weight is 331 g/mol. The summed E-state index contributed by atoms with van der Waals surface area (Å²) in [6.45, 7) is 0.290. The van der Waals surface area contributed by atoms with Gasteiger partial charge in [-0.1, -0.05) is 45.4 Å². The molecular weight excluding hydrogens is 320 g/mol. The van der Waals surface area contributed by atoms with Gasteiger partial charge in [0.25, 0.3) is 0 Å². The fraction of sp³-hybridized carbons (Fsp3) is 0.0667. The van der Waals surface area contributed by atoms with Crippen LogP contribution in [0.2, 0.25) is 0 Å². The van der Waals surface area contributed by atoms with Gasteiger partial charge in [-0.2, -0.15) is 5.26 Å². The number of hydrogen-bond donors (Lipinski definition) is 1. The summed E-state index contributed by atoms with van der Waals surface area (Å²) in [6, 6.07) is 16.5. The second kappa shape index (κ2) is 6.73. The number of hydrogen-bond acceptors (Lipinski definition) is 4. The van der Waals surface area contributed by atoms with Gasteiger partial charge in [-0.25, -0.2) is 0 Å². The van der Waals surface area contributed by atoms with E-state index in [2.05, 4.69) is 21.1 Å². The Morgan fingerprint density at radius 2 is 1.90 bits per heavy atom. The number of nitriles is 1. The molecule has 0 unspecified atom stereocenters. The maximum absolute atomic E-state index is 8.93. The van der Waals surface area contributed by atoms with Crippen LogP contribution < -0.4 is 4.74 Å². The lowest BCUT2D eigenvalue weighted by Gasteiger charge is -2.09. The summed E-state index contributed by atoms with van der Waals surface area (Å²) in [5.41, 5.74) is 1.32. The molecule has 5 heteroatoms. The Kier molecular flexibility index (Phi) is 4.75. The van der Waals surface area contributed by atoms with E-state index in [0.717, 1.165) is 15.8 Å². The SMILES string of the molecule is N#CC(=NO)c1ccccc1COc1ccc(Br)cc1. The largest absolute Gasteiger partial charge is 0.489 e. The van der Waals surface area contributed by atoms with E-state index in [-0.39, 0.29) is 5.71 Å². The summed E-state index contributed by atoms with van der Waals surface area (Å²) >= 11 is 3.36. The highest BCUT2D eigenvalue weighted by Crippen LogP contribution is 2.18. The van der Waals surface area contributed by atoms with Crippen LogP contribution in [0.15, 0.2) is 58.2 Å². The smallest absolute Gasteiger partial charge is 0.187 e. The predicted octanol–water partition coefficient (Wildman–Crippen LogP) is 3.73. The fourth-order valence-electron chi connectivity index (χ4n) is 1.71. The third-order valence-electron chi connectivity index (χ3n) is 2.69. The molecule has 1 N–H and O–H groups in total. The van der Waals surface area contributed by atoms with Crippen LogP contribution in [0.25, 0.3) is 0 Å². The van der Waals surface area contributed by atoms with Crippen molar-refractivity contribution in [3.05, 3.63) is 64.1 Å². The highest BCUT2D eigenvalue weighted by Gasteiger charge is 2.09. The van der Waals surface area contributed by atoms with E-state index in [1.54, 1.807) is 12.1 Å². The Morgan fingerprint density at radius 1 is 1.20 bits per heavy atom. The number of oxime groups is 1. The van der Waals surface area contributed by atoms with Crippen molar-refractivity contribution in [3.8, 4) is 11.8 Å². The molecule has 4 nitrogen and oxygen atoms in total. The summed E-state index contributed by atoms with van der Waals surface area (Å²) in [4.78, 5) is 0. The van der Waals surface area contributed by atoms with Gasteiger partial charge in [0.1, 0.15) is 18.4 Å². The summed E-state index contributed by atoms with van der Waals surface area (Å²) < 4.78 is 6.64. The van der Waals surface area contributed by atoms with Crippen LogP contribution in [-0.4, -0.2) is 10.9 Å². The standard InChI is InChI=1S/C15H11BrN2O2/c16-12-5-7-13(8-6-12)20-10-11-3-1-2-4-14(11)15(9-17)18-19/h1-8,19H,10H2. The van der Waals surface area contributed by atoms with Crippen molar-refractivity contribution in [1.82, 2.24) is 0 Å². The van der Waals surface area contributed by atoms with Crippen molar-refractivity contribution in [3.63, 3.8) is 0 Å². The van der Waals surface area contributed by atoms with Gasteiger partial charge in [0.2, 0.25) is 0 Å². The lowest BCUT2D eigenvalue weighted by molar-refractivity contribution is 0.305. The van der Waals surface area contributed by atoms with Gasteiger partial charge in [0.15, 0.2) is 5.71 Å². The van der Waals surface area contributed by atoms with Crippen molar-refractivity contribution in [2.24, 2.45) is 5.16 Å². The number of nitrogens with zero attached hydrogens (tertiary/aromatic N) is 2. The van der Waals surface area contributed by atoms with Gasteiger partial charge >= 0.3 is 0 Å². The summed E-state index contributed by atoms with van der Waals surface area (Å²) in [5.74, 6) is 0.724. The van der Waals surface area contributed by atoms with E-state index in [0.29, 0.717) is 12.2 Å². The number of ether oxygens (including phenoxy) is 1. The zero-order valence-corrected chi connectivity index (χ0v) is 12.0. The molecule has 2 aromatic carbocycles. The number of halogens is 1. The second-order valence-electron chi connectivity index (χ2n) is 3.96. The third kappa shape index (κ3) is 3.37. The van der Waals surface area contributed by atoms with E-state index >= 15 is 0 Å². The zero-order chi connectivity index (χ0) is 14.4. The highest BCUT2D eigenvalue weighted by molar-refractivity contribution is 9.10. The normalized spacial score (nSPS) is 10.9. The van der Waals surface area contributed by atoms with Gasteiger partial charge in [0.05, 0.1) is 0 Å². The lowest BCUT2D eigenvalue weighted by atomic mass is 10.0. The van der Waals surface area contributed by atoms with Gasteiger partial charge < -0.3 is 9.94 Å². The van der Waals surface area contributed by atoms with E-state index in [4.69, 9.17) is 15.2 Å². The minimum atomic E-state index is -0.0278. The topological polar surface area (TPSA) is 65.6 Å². The number of benzene rings is 2. The Hall–Kier alpha value is -2.32. The molecule has 0 saturated heterocycles. The molecule has 0 radical (unpaired) electrons. The van der Waals surface area contributed by atoms with Crippen molar-refractivity contribution >= 4 is 21.6 Å². The van der Waals surface area contributed by atoms with Crippen LogP contribution in [0.1, 0.15) is 11.1 Å². The predicted molar refractivity (Wildman–Crippen MR) is 78.9 cm³/mol. The lowest BCUT2D eigenvalue weighted by Crippen LogP contribution is -2.05. The molecule has 2 rings (SSSR count). The molecule has 20 heavy (non-hydrogen) atoms. The van der Waals surface area contributed by atoms with Gasteiger partial charge in [-0.05, 0) is 29.8 Å². The first-order chi connectivity index (χ1) is 9.74. The van der Waals surface area contributed by atoms with Crippen LogP contribution in [0.4, 0.5) is 0 Å². The van der Waals surface area contributed by atoms with Crippen molar-refractivity contribution in [1.29, 1.82) is 5.26 Å². The Bertz CT molecular complexity index is 660. The first-order valence-electron chi connectivity index (χ1n) is 5.83. The maximum Gasteiger partial charge on any atom is 0.187 e. The average Bonchev–Trinajstić information content (AvgIpc) is 2.49. The molecule has 0 spiro atoms. The first-order valence-corrected chi connectivity index (χ1v) is 6.62. The molecule has 0 aliphatic rings. The Morgan fingerprint density at radius 3 is 2.55 bits per heavy atom. The zero-order valence-electron chi connectivity index (χ0n) is 10.5. The Balaban J connectivity index is 2.18. The van der Waals surface area contributed by atoms with Crippen LogP contribution in [0.3, 0.4) is 0 Å². The molecule has 0 bridgehead atoms. The molecule has 100 valence electrons. The van der Waals surface area contributed by atoms with Crippen molar-refractivity contribution < 1.29 is 9.94 Å². The molecule has 0 heterocycles. The van der Waals surface area contributed by atoms with Crippen LogP contribution >= 0.6 is 15.9 Å². The first kappa shape index (κ1) is 14.1. The monoisotopic (exact) mass is 330 g/mol. The molecule has 0 saturated carbocycles. The molecule has 0 fully saturated rings. The summed E-state index contributed by atoms with van der Waals surface area (Å²) in [5, 5.41) is 20.8. The van der Waals surface area contributed by atoms with Crippen LogP contribution in [0.5, 0.6) is 5.75 Å². The quantitative estimate of drug-likeness (QED) is 0.527. The van der Waals surface area contributed by atoms with Gasteiger partial charge in [-0.3, -0.25) is 0 Å². The molecule has 2 aromatic rings. The molecule has 0 aliphatic heterocycles. The maximum atomic E-state index is 8.93. The molecular formula is C15H11BrN2O2. The second-order valence-corrected chi connectivity index (χ2v) is 4.88. The van der Waals surface area contributed by atoms with E-state index in [1.807, 2.05) is 42.5 Å². The summed E-state index contributed by atoms with van der Waals surface area (Å²) in [6.07, 6.45) is 0. The number of rotatable bonds is 4. The highest BCUT2D eigenvalue weighted by atomic mass is 79.9.